The van der Waals surface area contributed by atoms with Gasteiger partial charge in [0.05, 0.1) is 5.54 Å². The third-order valence-electron chi connectivity index (χ3n) is 4.03. The molecule has 4 N–H and O–H groups in total. The molecule has 0 radical (unpaired) electrons. The molecule has 4 nitrogen and oxygen atoms in total. The average Bonchev–Trinajstić information content (AvgIpc) is 2.51. The van der Waals surface area contributed by atoms with Crippen molar-refractivity contribution in [3.05, 3.63) is 0 Å². The van der Waals surface area contributed by atoms with Crippen LogP contribution in [0.15, 0.2) is 0 Å². The minimum atomic E-state index is -0.865. The summed E-state index contributed by atoms with van der Waals surface area (Å²) >= 11 is 0. The maximum Gasteiger partial charge on any atom is 0.237 e. The summed E-state index contributed by atoms with van der Waals surface area (Å²) in [6.45, 7) is 7.14. The van der Waals surface area contributed by atoms with Crippen molar-refractivity contribution in [2.24, 2.45) is 17.4 Å². The number of hydrogen-bond donors (Lipinski definition) is 2. The van der Waals surface area contributed by atoms with Gasteiger partial charge in [0, 0.05) is 6.54 Å². The molecule has 1 aliphatic heterocycles. The topological polar surface area (TPSA) is 72.3 Å². The lowest BCUT2D eigenvalue weighted by Gasteiger charge is -2.26. The van der Waals surface area contributed by atoms with Crippen LogP contribution in [0.25, 0.3) is 0 Å². The van der Waals surface area contributed by atoms with Crippen molar-refractivity contribution >= 4 is 5.91 Å². The molecule has 1 saturated heterocycles. The standard InChI is InChI=1S/C13H27N3O/c1-3-11-5-4-8-16(9-6-11)10-7-13(2,15)12(14)17/h11H,3-10,15H2,1-2H3,(H2,14,17). The van der Waals surface area contributed by atoms with Crippen molar-refractivity contribution in [3.63, 3.8) is 0 Å². The Kier molecular flexibility index (Phi) is 5.40. The van der Waals surface area contributed by atoms with Crippen molar-refractivity contribution in [1.82, 2.24) is 4.90 Å². The van der Waals surface area contributed by atoms with Crippen molar-refractivity contribution in [1.29, 1.82) is 0 Å². The average molecular weight is 241 g/mol. The molecule has 1 aliphatic rings. The largest absolute Gasteiger partial charge is 0.368 e. The number of carbonyl (C=O) groups is 1. The second kappa shape index (κ2) is 6.36. The smallest absolute Gasteiger partial charge is 0.237 e. The minimum Gasteiger partial charge on any atom is -0.368 e. The Morgan fingerprint density at radius 2 is 2.12 bits per heavy atom. The van der Waals surface area contributed by atoms with E-state index in [0.717, 1.165) is 25.6 Å². The van der Waals surface area contributed by atoms with E-state index in [1.807, 2.05) is 0 Å². The van der Waals surface area contributed by atoms with Crippen molar-refractivity contribution in [2.45, 2.75) is 51.5 Å². The molecule has 2 atom stereocenters. The Morgan fingerprint density at radius 3 is 2.71 bits per heavy atom. The van der Waals surface area contributed by atoms with Gasteiger partial charge in [-0.25, -0.2) is 0 Å². The summed E-state index contributed by atoms with van der Waals surface area (Å²) in [5.74, 6) is 0.471. The Labute approximate surface area is 105 Å². The molecule has 4 heteroatoms. The van der Waals surface area contributed by atoms with Gasteiger partial charge in [0.2, 0.25) is 5.91 Å². The van der Waals surface area contributed by atoms with Gasteiger partial charge in [-0.05, 0) is 51.6 Å². The summed E-state index contributed by atoms with van der Waals surface area (Å²) < 4.78 is 0. The molecule has 1 rings (SSSR count). The van der Waals surface area contributed by atoms with Crippen LogP contribution in [-0.4, -0.2) is 36.0 Å². The monoisotopic (exact) mass is 241 g/mol. The molecule has 0 saturated carbocycles. The van der Waals surface area contributed by atoms with Crippen LogP contribution in [-0.2, 0) is 4.79 Å². The van der Waals surface area contributed by atoms with Gasteiger partial charge in [0.25, 0.3) is 0 Å². The number of likely N-dealkylation sites (tertiary alicyclic amines) is 1. The fraction of sp³-hybridized carbons (Fsp3) is 0.923. The van der Waals surface area contributed by atoms with Gasteiger partial charge < -0.3 is 16.4 Å². The highest BCUT2D eigenvalue weighted by Crippen LogP contribution is 2.20. The van der Waals surface area contributed by atoms with E-state index in [0.29, 0.717) is 6.42 Å². The zero-order valence-corrected chi connectivity index (χ0v) is 11.2. The van der Waals surface area contributed by atoms with Crippen LogP contribution in [0, 0.1) is 5.92 Å². The first-order valence-corrected chi connectivity index (χ1v) is 6.77. The predicted octanol–water partition coefficient (Wildman–Crippen LogP) is 1.09. The second-order valence-corrected chi connectivity index (χ2v) is 5.58. The Morgan fingerprint density at radius 1 is 1.41 bits per heavy atom. The van der Waals surface area contributed by atoms with Crippen molar-refractivity contribution in [2.75, 3.05) is 19.6 Å². The third kappa shape index (κ3) is 4.64. The quantitative estimate of drug-likeness (QED) is 0.757. The van der Waals surface area contributed by atoms with Crippen LogP contribution in [0.1, 0.15) is 46.0 Å². The zero-order chi connectivity index (χ0) is 12.9. The van der Waals surface area contributed by atoms with E-state index in [1.54, 1.807) is 6.92 Å². The van der Waals surface area contributed by atoms with E-state index in [2.05, 4.69) is 11.8 Å². The number of primary amides is 1. The van der Waals surface area contributed by atoms with Gasteiger partial charge in [-0.1, -0.05) is 13.3 Å². The van der Waals surface area contributed by atoms with Gasteiger partial charge in [0.1, 0.15) is 0 Å². The van der Waals surface area contributed by atoms with Gasteiger partial charge in [-0.15, -0.1) is 0 Å². The molecule has 17 heavy (non-hydrogen) atoms. The number of nitrogens with two attached hydrogens (primary N) is 2. The van der Waals surface area contributed by atoms with Crippen molar-refractivity contribution in [3.8, 4) is 0 Å². The van der Waals surface area contributed by atoms with Crippen LogP contribution in [0.3, 0.4) is 0 Å². The highest BCUT2D eigenvalue weighted by Gasteiger charge is 2.26. The third-order valence-corrected chi connectivity index (χ3v) is 4.03. The molecular weight excluding hydrogens is 214 g/mol. The molecule has 0 aliphatic carbocycles. The van der Waals surface area contributed by atoms with Gasteiger partial charge in [-0.2, -0.15) is 0 Å². The van der Waals surface area contributed by atoms with E-state index >= 15 is 0 Å². The normalized spacial score (nSPS) is 26.2. The van der Waals surface area contributed by atoms with E-state index < -0.39 is 11.4 Å². The Balaban J connectivity index is 2.35. The molecule has 100 valence electrons. The molecule has 0 aromatic heterocycles. The van der Waals surface area contributed by atoms with E-state index in [4.69, 9.17) is 11.5 Å². The summed E-state index contributed by atoms with van der Waals surface area (Å²) in [5.41, 5.74) is 10.3. The lowest BCUT2D eigenvalue weighted by atomic mass is 9.98. The number of hydrogen-bond acceptors (Lipinski definition) is 3. The maximum absolute atomic E-state index is 11.1. The number of nitrogens with zero attached hydrogens (tertiary/aromatic N) is 1. The van der Waals surface area contributed by atoms with E-state index in [1.165, 1.54) is 25.7 Å². The van der Waals surface area contributed by atoms with E-state index in [-0.39, 0.29) is 0 Å². The molecule has 1 heterocycles. The number of amides is 1. The van der Waals surface area contributed by atoms with Gasteiger partial charge in [-0.3, -0.25) is 4.79 Å². The first-order chi connectivity index (χ1) is 7.95. The molecule has 0 spiro atoms. The van der Waals surface area contributed by atoms with Crippen LogP contribution in [0.2, 0.25) is 0 Å². The van der Waals surface area contributed by atoms with Crippen LogP contribution in [0.5, 0.6) is 0 Å². The maximum atomic E-state index is 11.1. The summed E-state index contributed by atoms with van der Waals surface area (Å²) in [7, 11) is 0. The Hall–Kier alpha value is -0.610. The second-order valence-electron chi connectivity index (χ2n) is 5.58. The molecule has 1 fully saturated rings. The minimum absolute atomic E-state index is 0.404. The molecule has 1 amide bonds. The first kappa shape index (κ1) is 14.5. The van der Waals surface area contributed by atoms with Crippen molar-refractivity contribution < 1.29 is 4.79 Å². The Bertz CT molecular complexity index is 253. The molecule has 0 aromatic rings. The molecule has 0 bridgehead atoms. The molecule has 0 aromatic carbocycles. The fourth-order valence-corrected chi connectivity index (χ4v) is 2.37. The lowest BCUT2D eigenvalue weighted by Crippen LogP contribution is -2.51. The fourth-order valence-electron chi connectivity index (χ4n) is 2.37. The highest BCUT2D eigenvalue weighted by atomic mass is 16.1. The first-order valence-electron chi connectivity index (χ1n) is 6.77. The van der Waals surface area contributed by atoms with Crippen LogP contribution < -0.4 is 11.5 Å². The summed E-state index contributed by atoms with van der Waals surface area (Å²) in [4.78, 5) is 13.6. The van der Waals surface area contributed by atoms with Gasteiger partial charge in [0.15, 0.2) is 0 Å². The summed E-state index contributed by atoms with van der Waals surface area (Å²) in [6, 6.07) is 0. The lowest BCUT2D eigenvalue weighted by molar-refractivity contribution is -0.122. The highest BCUT2D eigenvalue weighted by molar-refractivity contribution is 5.83. The molecular formula is C13H27N3O. The van der Waals surface area contributed by atoms with Crippen LogP contribution in [0.4, 0.5) is 0 Å². The number of carbonyl (C=O) groups excluding carboxylic acids is 1. The van der Waals surface area contributed by atoms with E-state index in [9.17, 15) is 4.79 Å². The number of rotatable bonds is 5. The molecule has 2 unspecified atom stereocenters. The van der Waals surface area contributed by atoms with Gasteiger partial charge >= 0.3 is 0 Å². The summed E-state index contributed by atoms with van der Waals surface area (Å²) in [5, 5.41) is 0. The zero-order valence-electron chi connectivity index (χ0n) is 11.2. The van der Waals surface area contributed by atoms with Crippen LogP contribution >= 0.6 is 0 Å². The predicted molar refractivity (Wildman–Crippen MR) is 70.5 cm³/mol. The summed E-state index contributed by atoms with van der Waals surface area (Å²) in [6.07, 6.45) is 5.80. The SMILES string of the molecule is CCC1CCCN(CCC(C)(N)C(N)=O)CC1.